The van der Waals surface area contributed by atoms with Gasteiger partial charge in [-0.15, -0.1) is 41.9 Å². The second-order valence-electron chi connectivity index (χ2n) is 8.83. The van der Waals surface area contributed by atoms with Gasteiger partial charge < -0.3 is 0 Å². The minimum absolute atomic E-state index is 0.762. The summed E-state index contributed by atoms with van der Waals surface area (Å²) in [6.07, 6.45) is 5.49. The zero-order valence-electron chi connectivity index (χ0n) is 18.0. The maximum Gasteiger partial charge on any atom is 0.0587 e. The van der Waals surface area contributed by atoms with Crippen LogP contribution in [0.1, 0.15) is 46.9 Å². The molecule has 0 bridgehead atoms. The normalized spacial score (nSPS) is 18.2. The van der Waals surface area contributed by atoms with Crippen LogP contribution in [0, 0.1) is 13.8 Å². The standard InChI is InChI=1S/C27H27PS3/c1-17-15-24-26(29-17)27-25(16-18(2)30-27)31(24,23-13-9-21(28)10-14-23)22-11-7-20(8-12-22)19-5-3-4-6-19/h7-16,19H,3-6,28H2,1-2H3. The van der Waals surface area contributed by atoms with Crippen LogP contribution in [-0.4, -0.2) is 0 Å². The fourth-order valence-electron chi connectivity index (χ4n) is 5.39. The van der Waals surface area contributed by atoms with E-state index >= 15 is 0 Å². The molecule has 4 aromatic rings. The lowest BCUT2D eigenvalue weighted by atomic mass is 9.98. The van der Waals surface area contributed by atoms with Crippen molar-refractivity contribution in [2.45, 2.75) is 65.0 Å². The van der Waals surface area contributed by atoms with Crippen molar-refractivity contribution in [3.63, 3.8) is 0 Å². The van der Waals surface area contributed by atoms with Gasteiger partial charge in [0, 0.05) is 29.3 Å². The molecule has 2 aromatic heterocycles. The van der Waals surface area contributed by atoms with Crippen molar-refractivity contribution < 1.29 is 0 Å². The third-order valence-electron chi connectivity index (χ3n) is 6.80. The summed E-state index contributed by atoms with van der Waals surface area (Å²) in [5.74, 6) is 0.762. The number of hydrogen-bond donors (Lipinski definition) is 0. The van der Waals surface area contributed by atoms with Crippen LogP contribution < -0.4 is 5.30 Å². The van der Waals surface area contributed by atoms with E-state index in [1.54, 1.807) is 9.79 Å². The summed E-state index contributed by atoms with van der Waals surface area (Å²) >= 11 is 3.96. The lowest BCUT2D eigenvalue weighted by Gasteiger charge is -2.38. The van der Waals surface area contributed by atoms with Crippen molar-refractivity contribution in [2.24, 2.45) is 0 Å². The summed E-state index contributed by atoms with van der Waals surface area (Å²) in [4.78, 5) is 11.9. The van der Waals surface area contributed by atoms with Gasteiger partial charge >= 0.3 is 0 Å². The van der Waals surface area contributed by atoms with Crippen LogP contribution in [0.2, 0.25) is 0 Å². The number of rotatable bonds is 3. The van der Waals surface area contributed by atoms with Crippen molar-refractivity contribution >= 4 is 47.2 Å². The molecule has 0 radical (unpaired) electrons. The van der Waals surface area contributed by atoms with Crippen molar-refractivity contribution in [1.82, 2.24) is 0 Å². The summed E-state index contributed by atoms with van der Waals surface area (Å²) in [5.41, 5.74) is 1.54. The molecule has 1 saturated carbocycles. The number of thiophene rings is 2. The second kappa shape index (κ2) is 7.59. The molecule has 1 unspecified atom stereocenters. The molecule has 4 heteroatoms. The molecule has 0 N–H and O–H groups in total. The molecule has 0 spiro atoms. The molecule has 1 fully saturated rings. The first-order chi connectivity index (χ1) is 15.1. The Hall–Kier alpha value is -1.38. The summed E-state index contributed by atoms with van der Waals surface area (Å²) < 4.78 is 0. The lowest BCUT2D eigenvalue weighted by molar-refractivity contribution is 0.722. The number of aryl methyl sites for hydroxylation is 2. The monoisotopic (exact) mass is 478 g/mol. The first-order valence-corrected chi connectivity index (χ1v) is 14.9. The molecule has 2 aromatic carbocycles. The summed E-state index contributed by atoms with van der Waals surface area (Å²) in [6.45, 7) is 4.53. The van der Waals surface area contributed by atoms with Crippen molar-refractivity contribution in [3.8, 4) is 9.75 Å². The molecule has 6 rings (SSSR count). The number of benzene rings is 2. The maximum absolute atomic E-state index is 2.84. The summed E-state index contributed by atoms with van der Waals surface area (Å²) in [7, 11) is 1.40. The molecule has 0 saturated heterocycles. The van der Waals surface area contributed by atoms with E-state index < -0.39 is 10.0 Å². The van der Waals surface area contributed by atoms with Gasteiger partial charge in [-0.1, -0.05) is 37.1 Å². The molecule has 1 atom stereocenters. The van der Waals surface area contributed by atoms with Gasteiger partial charge in [-0.05, 0) is 79.9 Å². The Morgan fingerprint density at radius 3 is 1.74 bits per heavy atom. The van der Waals surface area contributed by atoms with E-state index in [4.69, 9.17) is 0 Å². The molecule has 1 aliphatic heterocycles. The Balaban J connectivity index is 1.62. The highest BCUT2D eigenvalue weighted by Gasteiger charge is 2.44. The fourth-order valence-corrected chi connectivity index (χ4v) is 12.9. The molecule has 158 valence electrons. The summed E-state index contributed by atoms with van der Waals surface area (Å²) in [6, 6.07) is 24.1. The van der Waals surface area contributed by atoms with E-state index in [0.29, 0.717) is 0 Å². The van der Waals surface area contributed by atoms with Gasteiger partial charge in [-0.25, -0.2) is 0 Å². The first kappa shape index (κ1) is 20.2. The molecule has 1 aliphatic carbocycles. The average molecular weight is 479 g/mol. The smallest absolute Gasteiger partial charge is 0.0587 e. The van der Waals surface area contributed by atoms with Crippen molar-refractivity contribution in [2.75, 3.05) is 0 Å². The Labute approximate surface area is 197 Å². The van der Waals surface area contributed by atoms with E-state index in [1.165, 1.54) is 65.9 Å². The molecule has 0 nitrogen and oxygen atoms in total. The maximum atomic E-state index is 2.84. The van der Waals surface area contributed by atoms with Crippen LogP contribution in [-0.2, 0) is 0 Å². The van der Waals surface area contributed by atoms with Crippen LogP contribution in [0.3, 0.4) is 0 Å². The zero-order chi connectivity index (χ0) is 21.2. The van der Waals surface area contributed by atoms with Crippen LogP contribution in [0.4, 0.5) is 0 Å². The van der Waals surface area contributed by atoms with E-state index in [-0.39, 0.29) is 0 Å². The first-order valence-electron chi connectivity index (χ1n) is 11.1. The molecular weight excluding hydrogens is 451 g/mol. The third-order valence-corrected chi connectivity index (χ3v) is 13.6. The molecule has 0 amide bonds. The van der Waals surface area contributed by atoms with E-state index in [1.807, 2.05) is 22.7 Å². The summed E-state index contributed by atoms with van der Waals surface area (Å²) in [5, 5.41) is 1.25. The quantitative estimate of drug-likeness (QED) is 0.227. The Morgan fingerprint density at radius 2 is 1.23 bits per heavy atom. The average Bonchev–Trinajstić information content (AvgIpc) is 3.53. The van der Waals surface area contributed by atoms with E-state index in [2.05, 4.69) is 83.8 Å². The highest BCUT2D eigenvalue weighted by molar-refractivity contribution is 8.34. The molecule has 2 aliphatic rings. The van der Waals surface area contributed by atoms with Gasteiger partial charge in [-0.2, -0.15) is 0 Å². The molecule has 3 heterocycles. The van der Waals surface area contributed by atoms with Crippen LogP contribution >= 0.6 is 41.9 Å². The van der Waals surface area contributed by atoms with Gasteiger partial charge in [0.25, 0.3) is 0 Å². The number of hydrogen-bond acceptors (Lipinski definition) is 2. The van der Waals surface area contributed by atoms with Crippen molar-refractivity contribution in [3.05, 3.63) is 76.0 Å². The largest absolute Gasteiger partial charge is 0.139 e. The predicted molar refractivity (Wildman–Crippen MR) is 141 cm³/mol. The minimum atomic E-state index is -1.44. The van der Waals surface area contributed by atoms with Gasteiger partial charge in [-0.3, -0.25) is 0 Å². The van der Waals surface area contributed by atoms with Crippen LogP contribution in [0.25, 0.3) is 9.75 Å². The minimum Gasteiger partial charge on any atom is -0.139 e. The number of fused-ring (bicyclic) bond motifs is 3. The highest BCUT2D eigenvalue weighted by Crippen LogP contribution is 2.82. The third kappa shape index (κ3) is 3.04. The van der Waals surface area contributed by atoms with Crippen LogP contribution in [0.15, 0.2) is 80.2 Å². The lowest BCUT2D eigenvalue weighted by Crippen LogP contribution is -2.03. The van der Waals surface area contributed by atoms with E-state index in [9.17, 15) is 0 Å². The van der Waals surface area contributed by atoms with Gasteiger partial charge in [0.15, 0.2) is 0 Å². The second-order valence-corrected chi connectivity index (χ2v) is 15.1. The SMILES string of the molecule is Cc1cc2c(s1)-c1sc(C)cc1S2(c1ccc(P)cc1)c1ccc(C2CCCC2)cc1. The van der Waals surface area contributed by atoms with E-state index in [0.717, 1.165) is 5.92 Å². The topological polar surface area (TPSA) is 0 Å². The van der Waals surface area contributed by atoms with Gasteiger partial charge in [0.05, 0.1) is 9.75 Å². The molecule has 31 heavy (non-hydrogen) atoms. The van der Waals surface area contributed by atoms with Crippen molar-refractivity contribution in [1.29, 1.82) is 0 Å². The fraction of sp³-hybridized carbons (Fsp3) is 0.259. The molecular formula is C27H27PS3. The van der Waals surface area contributed by atoms with Gasteiger partial charge in [0.1, 0.15) is 0 Å². The van der Waals surface area contributed by atoms with Crippen LogP contribution in [0.5, 0.6) is 0 Å². The zero-order valence-corrected chi connectivity index (χ0v) is 21.6. The predicted octanol–water partition coefficient (Wildman–Crippen LogP) is 8.91. The van der Waals surface area contributed by atoms with Gasteiger partial charge in [0.2, 0.25) is 0 Å². The Morgan fingerprint density at radius 1 is 0.742 bits per heavy atom. The Kier molecular flexibility index (Phi) is 4.96. The Bertz CT molecular complexity index is 1210. The highest BCUT2D eigenvalue weighted by atomic mass is 32.3.